The number of nitrogens with zero attached hydrogens (tertiary/aromatic N) is 2. The van der Waals surface area contributed by atoms with Crippen LogP contribution in [0.4, 0.5) is 5.69 Å². The number of rotatable bonds is 4. The van der Waals surface area contributed by atoms with Crippen LogP contribution in [0.3, 0.4) is 0 Å². The third-order valence-corrected chi connectivity index (χ3v) is 4.95. The molecule has 0 unspecified atom stereocenters. The lowest BCUT2D eigenvalue weighted by atomic mass is 10.2. The van der Waals surface area contributed by atoms with E-state index in [2.05, 4.69) is 16.9 Å². The van der Waals surface area contributed by atoms with Gasteiger partial charge in [0.15, 0.2) is 4.34 Å². The van der Waals surface area contributed by atoms with E-state index in [0.717, 1.165) is 26.0 Å². The molecule has 0 aliphatic carbocycles. The number of hydrogen-bond acceptors (Lipinski definition) is 5. The van der Waals surface area contributed by atoms with Gasteiger partial charge in [0.2, 0.25) is 0 Å². The monoisotopic (exact) mass is 314 g/mol. The van der Waals surface area contributed by atoms with Gasteiger partial charge in [0, 0.05) is 11.8 Å². The smallest absolute Gasteiger partial charge is 0.151 e. The molecule has 0 fully saturated rings. The predicted octanol–water partition coefficient (Wildman–Crippen LogP) is 4.86. The van der Waals surface area contributed by atoms with Crippen molar-refractivity contribution >= 4 is 45.2 Å². The Morgan fingerprint density at radius 3 is 2.95 bits per heavy atom. The zero-order chi connectivity index (χ0) is 14.7. The summed E-state index contributed by atoms with van der Waals surface area (Å²) in [5, 5.41) is 9.72. The highest BCUT2D eigenvalue weighted by molar-refractivity contribution is 8.01. The van der Waals surface area contributed by atoms with Crippen molar-refractivity contribution in [1.82, 2.24) is 4.98 Å². The molecule has 0 atom stereocenters. The number of phenols is 1. The summed E-state index contributed by atoms with van der Waals surface area (Å²) in [6, 6.07) is 13.1. The molecular weight excluding hydrogens is 300 g/mol. The maximum atomic E-state index is 9.72. The van der Waals surface area contributed by atoms with Gasteiger partial charge in [0.25, 0.3) is 0 Å². The summed E-state index contributed by atoms with van der Waals surface area (Å²) < 4.78 is 2.23. The zero-order valence-corrected chi connectivity index (χ0v) is 13.1. The third kappa shape index (κ3) is 3.25. The lowest BCUT2D eigenvalue weighted by Crippen LogP contribution is -1.80. The van der Waals surface area contributed by atoms with Gasteiger partial charge in [0.05, 0.1) is 15.9 Å². The Kier molecular flexibility index (Phi) is 4.22. The number of phenolic OH excluding ortho intramolecular Hbond substituents is 1. The topological polar surface area (TPSA) is 45.5 Å². The molecule has 0 amide bonds. The maximum Gasteiger partial charge on any atom is 0.151 e. The van der Waals surface area contributed by atoms with Crippen LogP contribution < -0.4 is 0 Å². The van der Waals surface area contributed by atoms with E-state index < -0.39 is 0 Å². The van der Waals surface area contributed by atoms with Gasteiger partial charge in [-0.3, -0.25) is 4.99 Å². The van der Waals surface area contributed by atoms with E-state index in [1.54, 1.807) is 41.4 Å². The molecule has 0 aliphatic heterocycles. The first-order chi connectivity index (χ1) is 10.3. The summed E-state index contributed by atoms with van der Waals surface area (Å²) in [5.74, 6) is 1.26. The van der Waals surface area contributed by atoms with Crippen molar-refractivity contribution in [3.8, 4) is 5.75 Å². The summed E-state index contributed by atoms with van der Waals surface area (Å²) in [7, 11) is 0. The summed E-state index contributed by atoms with van der Waals surface area (Å²) >= 11 is 3.44. The Hall–Kier alpha value is -1.85. The second kappa shape index (κ2) is 6.28. The van der Waals surface area contributed by atoms with E-state index >= 15 is 0 Å². The molecule has 1 aromatic heterocycles. The van der Waals surface area contributed by atoms with Gasteiger partial charge in [-0.2, -0.15) is 0 Å². The van der Waals surface area contributed by atoms with Gasteiger partial charge >= 0.3 is 0 Å². The van der Waals surface area contributed by atoms with Gasteiger partial charge in [-0.25, -0.2) is 4.98 Å². The fraction of sp³-hybridized carbons (Fsp3) is 0.125. The molecule has 3 aromatic rings. The largest absolute Gasteiger partial charge is 0.507 e. The molecule has 0 spiro atoms. The van der Waals surface area contributed by atoms with E-state index in [9.17, 15) is 5.11 Å². The minimum atomic E-state index is 0.238. The molecule has 5 heteroatoms. The molecule has 1 N–H and O–H groups in total. The highest BCUT2D eigenvalue weighted by atomic mass is 32.2. The zero-order valence-electron chi connectivity index (χ0n) is 11.5. The molecule has 3 nitrogen and oxygen atoms in total. The molecule has 0 saturated heterocycles. The van der Waals surface area contributed by atoms with Gasteiger partial charge < -0.3 is 5.11 Å². The minimum Gasteiger partial charge on any atom is -0.507 e. The van der Waals surface area contributed by atoms with Gasteiger partial charge in [-0.05, 0) is 36.1 Å². The van der Waals surface area contributed by atoms with Crippen LogP contribution in [0.15, 0.2) is 51.8 Å². The van der Waals surface area contributed by atoms with Crippen LogP contribution in [0.2, 0.25) is 0 Å². The predicted molar refractivity (Wildman–Crippen MR) is 91.4 cm³/mol. The number of hydrogen-bond donors (Lipinski definition) is 1. The molecule has 106 valence electrons. The van der Waals surface area contributed by atoms with Crippen LogP contribution in [0, 0.1) is 0 Å². The Balaban J connectivity index is 1.89. The first-order valence-electron chi connectivity index (χ1n) is 6.61. The lowest BCUT2D eigenvalue weighted by molar-refractivity contribution is 0.474. The van der Waals surface area contributed by atoms with Crippen molar-refractivity contribution in [1.29, 1.82) is 0 Å². The molecule has 0 aliphatic rings. The van der Waals surface area contributed by atoms with Gasteiger partial charge in [-0.15, -0.1) is 11.3 Å². The first kappa shape index (κ1) is 14.1. The van der Waals surface area contributed by atoms with Crippen molar-refractivity contribution in [2.75, 3.05) is 5.75 Å². The molecule has 21 heavy (non-hydrogen) atoms. The Morgan fingerprint density at radius 1 is 1.29 bits per heavy atom. The van der Waals surface area contributed by atoms with Gasteiger partial charge in [0.1, 0.15) is 5.75 Å². The molecule has 1 heterocycles. The average molecular weight is 314 g/mol. The summed E-state index contributed by atoms with van der Waals surface area (Å²) in [4.78, 5) is 9.00. The average Bonchev–Trinajstić information content (AvgIpc) is 2.88. The van der Waals surface area contributed by atoms with Crippen LogP contribution in [0.5, 0.6) is 5.75 Å². The number of fused-ring (bicyclic) bond motifs is 1. The Labute approximate surface area is 131 Å². The molecule has 0 saturated carbocycles. The normalized spacial score (nSPS) is 11.5. The summed E-state index contributed by atoms with van der Waals surface area (Å²) in [6.07, 6.45) is 1.68. The van der Waals surface area contributed by atoms with Crippen molar-refractivity contribution in [3.05, 3.63) is 48.0 Å². The van der Waals surface area contributed by atoms with E-state index in [1.807, 2.05) is 30.3 Å². The number of aromatic nitrogens is 1. The number of benzene rings is 2. The Bertz CT molecular complexity index is 796. The van der Waals surface area contributed by atoms with Crippen molar-refractivity contribution < 1.29 is 5.11 Å². The maximum absolute atomic E-state index is 9.72. The highest BCUT2D eigenvalue weighted by Crippen LogP contribution is 2.31. The van der Waals surface area contributed by atoms with E-state index in [-0.39, 0.29) is 5.75 Å². The second-order valence-electron chi connectivity index (χ2n) is 4.38. The molecule has 2 aromatic carbocycles. The number of thioether (sulfide) groups is 1. The van der Waals surface area contributed by atoms with Gasteiger partial charge in [-0.1, -0.05) is 30.8 Å². The van der Waals surface area contributed by atoms with Crippen LogP contribution in [0.25, 0.3) is 10.2 Å². The third-order valence-electron chi connectivity index (χ3n) is 2.91. The van der Waals surface area contributed by atoms with Crippen LogP contribution >= 0.6 is 23.1 Å². The van der Waals surface area contributed by atoms with E-state index in [1.165, 1.54) is 0 Å². The first-order valence-corrected chi connectivity index (χ1v) is 8.42. The van der Waals surface area contributed by atoms with Crippen LogP contribution in [-0.4, -0.2) is 22.1 Å². The molecular formula is C16H14N2OS2. The fourth-order valence-electron chi connectivity index (χ4n) is 1.90. The fourth-order valence-corrected chi connectivity index (χ4v) is 3.90. The second-order valence-corrected chi connectivity index (χ2v) is 6.92. The van der Waals surface area contributed by atoms with Crippen molar-refractivity contribution in [2.24, 2.45) is 4.99 Å². The summed E-state index contributed by atoms with van der Waals surface area (Å²) in [5.41, 5.74) is 2.59. The van der Waals surface area contributed by atoms with Crippen molar-refractivity contribution in [3.63, 3.8) is 0 Å². The SMILES string of the molecule is CCSc1nc2ccc(N=Cc3ccccc3O)cc2s1. The molecule has 0 bridgehead atoms. The number of thiazole rings is 1. The molecule has 0 radical (unpaired) electrons. The van der Waals surface area contributed by atoms with Crippen LogP contribution in [-0.2, 0) is 0 Å². The number of aromatic hydroxyl groups is 1. The Morgan fingerprint density at radius 2 is 2.14 bits per heavy atom. The quantitative estimate of drug-likeness (QED) is 0.552. The minimum absolute atomic E-state index is 0.238. The number of para-hydroxylation sites is 1. The highest BCUT2D eigenvalue weighted by Gasteiger charge is 2.04. The lowest BCUT2D eigenvalue weighted by Gasteiger charge is -1.97. The molecule has 3 rings (SSSR count). The van der Waals surface area contributed by atoms with Crippen molar-refractivity contribution in [2.45, 2.75) is 11.3 Å². The standard InChI is InChI=1S/C16H14N2OS2/c1-2-20-16-18-13-8-7-12(9-15(13)21-16)17-10-11-5-3-4-6-14(11)19/h3-10,19H,2H2,1H3. The number of aliphatic imine (C=N–C) groups is 1. The summed E-state index contributed by atoms with van der Waals surface area (Å²) in [6.45, 7) is 2.12. The van der Waals surface area contributed by atoms with Crippen LogP contribution in [0.1, 0.15) is 12.5 Å². The van der Waals surface area contributed by atoms with E-state index in [4.69, 9.17) is 0 Å². The van der Waals surface area contributed by atoms with E-state index in [0.29, 0.717) is 5.56 Å².